The number of benzene rings is 1. The smallest absolute Gasteiger partial charge is 0.305 e. The summed E-state index contributed by atoms with van der Waals surface area (Å²) in [5.41, 5.74) is -0.560. The molecule has 0 radical (unpaired) electrons. The third-order valence-corrected chi connectivity index (χ3v) is 3.40. The zero-order valence-corrected chi connectivity index (χ0v) is 13.1. The lowest BCUT2D eigenvalue weighted by molar-refractivity contribution is -0.138. The monoisotopic (exact) mass is 345 g/mol. The molecule has 0 aromatic heterocycles. The Morgan fingerprint density at radius 1 is 1.40 bits per heavy atom. The molecule has 2 N–H and O–H groups in total. The maximum Gasteiger partial charge on any atom is 0.305 e. The number of amides is 1. The Hall–Kier alpha value is -1.43. The van der Waals surface area contributed by atoms with Gasteiger partial charge < -0.3 is 10.4 Å². The van der Waals surface area contributed by atoms with Gasteiger partial charge in [0.05, 0.1) is 12.0 Å². The van der Waals surface area contributed by atoms with E-state index < -0.39 is 29.2 Å². The summed E-state index contributed by atoms with van der Waals surface area (Å²) in [6.45, 7) is 5.45. The molecule has 0 saturated carbocycles. The first-order chi connectivity index (χ1) is 9.11. The molecule has 1 atom stereocenters. The van der Waals surface area contributed by atoms with Crippen LogP contribution in [-0.2, 0) is 4.79 Å². The summed E-state index contributed by atoms with van der Waals surface area (Å²) < 4.78 is 14.2. The number of halogens is 2. The second-order valence-electron chi connectivity index (χ2n) is 5.61. The first-order valence-corrected chi connectivity index (χ1v) is 6.88. The number of hydrogen-bond donors (Lipinski definition) is 2. The Morgan fingerprint density at radius 3 is 2.50 bits per heavy atom. The van der Waals surface area contributed by atoms with Gasteiger partial charge in [-0.1, -0.05) is 36.7 Å². The van der Waals surface area contributed by atoms with Gasteiger partial charge in [-0.2, -0.15) is 0 Å². The number of carbonyl (C=O) groups is 2. The molecule has 110 valence electrons. The maximum absolute atomic E-state index is 13.6. The molecule has 1 amide bonds. The first kappa shape index (κ1) is 16.6. The van der Waals surface area contributed by atoms with Crippen molar-refractivity contribution in [3.8, 4) is 0 Å². The van der Waals surface area contributed by atoms with Gasteiger partial charge in [0.1, 0.15) is 5.82 Å². The van der Waals surface area contributed by atoms with Crippen molar-refractivity contribution in [1.29, 1.82) is 0 Å². The average Bonchev–Trinajstić information content (AvgIpc) is 2.29. The van der Waals surface area contributed by atoms with Gasteiger partial charge in [-0.15, -0.1) is 0 Å². The summed E-state index contributed by atoms with van der Waals surface area (Å²) in [4.78, 5) is 23.0. The number of hydrogen-bond acceptors (Lipinski definition) is 2. The van der Waals surface area contributed by atoms with Crippen LogP contribution in [0.3, 0.4) is 0 Å². The number of aliphatic carboxylic acids is 1. The summed E-state index contributed by atoms with van der Waals surface area (Å²) in [5, 5.41) is 11.5. The summed E-state index contributed by atoms with van der Waals surface area (Å²) >= 11 is 3.17. The quantitative estimate of drug-likeness (QED) is 0.880. The van der Waals surface area contributed by atoms with Crippen LogP contribution in [0.2, 0.25) is 0 Å². The summed E-state index contributed by atoms with van der Waals surface area (Å²) in [6.07, 6.45) is -0.217. The van der Waals surface area contributed by atoms with E-state index in [4.69, 9.17) is 5.11 Å². The molecule has 0 bridgehead atoms. The molecule has 1 rings (SSSR count). The van der Waals surface area contributed by atoms with Gasteiger partial charge in [0.25, 0.3) is 5.91 Å². The van der Waals surface area contributed by atoms with Crippen molar-refractivity contribution >= 4 is 27.8 Å². The molecule has 1 aromatic rings. The fourth-order valence-electron chi connectivity index (χ4n) is 1.66. The number of carbonyl (C=O) groups excluding carboxylic acids is 1. The highest BCUT2D eigenvalue weighted by molar-refractivity contribution is 9.10. The lowest BCUT2D eigenvalue weighted by Crippen LogP contribution is -2.45. The minimum absolute atomic E-state index is 0.112. The number of carboxylic acid groups (broad SMARTS) is 1. The van der Waals surface area contributed by atoms with Gasteiger partial charge in [0.15, 0.2) is 0 Å². The molecular formula is C14H17BrFNO3. The van der Waals surface area contributed by atoms with Gasteiger partial charge in [-0.3, -0.25) is 9.59 Å². The molecule has 4 nitrogen and oxygen atoms in total. The molecule has 0 heterocycles. The minimum Gasteiger partial charge on any atom is -0.481 e. The zero-order valence-electron chi connectivity index (χ0n) is 11.5. The molecule has 1 aromatic carbocycles. The van der Waals surface area contributed by atoms with Crippen LogP contribution >= 0.6 is 15.9 Å². The summed E-state index contributed by atoms with van der Waals surface area (Å²) in [5.74, 6) is -2.28. The second kappa shape index (κ2) is 6.35. The first-order valence-electron chi connectivity index (χ1n) is 6.09. The van der Waals surface area contributed by atoms with Crippen molar-refractivity contribution in [3.05, 3.63) is 34.1 Å². The third-order valence-electron chi connectivity index (χ3n) is 2.90. The topological polar surface area (TPSA) is 66.4 Å². The van der Waals surface area contributed by atoms with E-state index >= 15 is 0 Å². The third kappa shape index (κ3) is 4.59. The van der Waals surface area contributed by atoms with Crippen molar-refractivity contribution in [3.63, 3.8) is 0 Å². The Labute approximate surface area is 125 Å². The van der Waals surface area contributed by atoms with E-state index in [-0.39, 0.29) is 12.0 Å². The van der Waals surface area contributed by atoms with Crippen LogP contribution in [0, 0.1) is 11.2 Å². The van der Waals surface area contributed by atoms with Crippen LogP contribution in [0.15, 0.2) is 22.7 Å². The molecule has 0 saturated heterocycles. The maximum atomic E-state index is 13.6. The lowest BCUT2D eigenvalue weighted by atomic mass is 9.84. The molecule has 0 fully saturated rings. The highest BCUT2D eigenvalue weighted by atomic mass is 79.9. The van der Waals surface area contributed by atoms with Crippen LogP contribution < -0.4 is 5.32 Å². The van der Waals surface area contributed by atoms with Crippen molar-refractivity contribution < 1.29 is 19.1 Å². The highest BCUT2D eigenvalue weighted by Crippen LogP contribution is 2.23. The van der Waals surface area contributed by atoms with Gasteiger partial charge in [0, 0.05) is 10.5 Å². The van der Waals surface area contributed by atoms with Gasteiger partial charge in [-0.05, 0) is 23.6 Å². The van der Waals surface area contributed by atoms with Gasteiger partial charge >= 0.3 is 5.97 Å². The molecule has 0 aliphatic carbocycles. The van der Waals surface area contributed by atoms with E-state index in [1.165, 1.54) is 18.2 Å². The summed E-state index contributed by atoms with van der Waals surface area (Å²) in [6, 6.07) is 3.45. The Kier molecular flexibility index (Phi) is 5.28. The van der Waals surface area contributed by atoms with E-state index in [0.29, 0.717) is 4.47 Å². The molecule has 0 aliphatic rings. The van der Waals surface area contributed by atoms with Gasteiger partial charge in [0.2, 0.25) is 0 Å². The largest absolute Gasteiger partial charge is 0.481 e. The molecule has 1 unspecified atom stereocenters. The fraction of sp³-hybridized carbons (Fsp3) is 0.429. The van der Waals surface area contributed by atoms with Crippen LogP contribution in [0.25, 0.3) is 0 Å². The molecule has 0 spiro atoms. The predicted molar refractivity (Wildman–Crippen MR) is 77.1 cm³/mol. The second-order valence-corrected chi connectivity index (χ2v) is 6.53. The molecule has 0 aliphatic heterocycles. The average molecular weight is 346 g/mol. The zero-order chi connectivity index (χ0) is 15.5. The predicted octanol–water partition coefficient (Wildman–Crippen LogP) is 3.21. The fourth-order valence-corrected chi connectivity index (χ4v) is 2.02. The van der Waals surface area contributed by atoms with Crippen molar-refractivity contribution in [2.24, 2.45) is 5.41 Å². The SMILES string of the molecule is CC(C)(C)C(CC(=O)O)NC(=O)c1cc(Br)ccc1F. The van der Waals surface area contributed by atoms with Crippen molar-refractivity contribution in [1.82, 2.24) is 5.32 Å². The lowest BCUT2D eigenvalue weighted by Gasteiger charge is -2.30. The number of rotatable bonds is 4. The van der Waals surface area contributed by atoms with Crippen LogP contribution in [-0.4, -0.2) is 23.0 Å². The van der Waals surface area contributed by atoms with Crippen molar-refractivity contribution in [2.75, 3.05) is 0 Å². The standard InChI is InChI=1S/C14H17BrFNO3/c1-14(2,3)11(7-12(18)19)17-13(20)9-6-8(15)4-5-10(9)16/h4-6,11H,7H2,1-3H3,(H,17,20)(H,18,19). The Bertz CT molecular complexity index is 526. The molecule has 20 heavy (non-hydrogen) atoms. The van der Waals surface area contributed by atoms with E-state index in [1.807, 2.05) is 20.8 Å². The van der Waals surface area contributed by atoms with Crippen LogP contribution in [0.5, 0.6) is 0 Å². The van der Waals surface area contributed by atoms with E-state index in [1.54, 1.807) is 0 Å². The normalized spacial score (nSPS) is 12.8. The minimum atomic E-state index is -1.01. The molecular weight excluding hydrogens is 329 g/mol. The Morgan fingerprint density at radius 2 is 2.00 bits per heavy atom. The van der Waals surface area contributed by atoms with E-state index in [2.05, 4.69) is 21.2 Å². The van der Waals surface area contributed by atoms with Crippen molar-refractivity contribution in [2.45, 2.75) is 33.2 Å². The highest BCUT2D eigenvalue weighted by Gasteiger charge is 2.29. The Balaban J connectivity index is 2.96. The molecule has 6 heteroatoms. The van der Waals surface area contributed by atoms with Crippen LogP contribution in [0.1, 0.15) is 37.6 Å². The summed E-state index contributed by atoms with van der Waals surface area (Å²) in [7, 11) is 0. The van der Waals surface area contributed by atoms with E-state index in [9.17, 15) is 14.0 Å². The van der Waals surface area contributed by atoms with Gasteiger partial charge in [-0.25, -0.2) is 4.39 Å². The number of carboxylic acids is 1. The number of nitrogens with one attached hydrogen (secondary N) is 1. The van der Waals surface area contributed by atoms with E-state index in [0.717, 1.165) is 0 Å². The van der Waals surface area contributed by atoms with Crippen LogP contribution in [0.4, 0.5) is 4.39 Å².